The average Bonchev–Trinajstić information content (AvgIpc) is 2.66. The van der Waals surface area contributed by atoms with Gasteiger partial charge in [-0.15, -0.1) is 0 Å². The Morgan fingerprint density at radius 1 is 1.43 bits per heavy atom. The molecule has 2 heterocycles. The standard InChI is InChI=1S/C11H11N3/c12-9-6-10-7(3-5-13-10)8-2-1-4-14-11(8)9/h1-2,4,6,13H,3,5,12H2. The van der Waals surface area contributed by atoms with Crippen molar-refractivity contribution in [3.8, 4) is 0 Å². The Bertz CT molecular complexity index is 505. The molecule has 14 heavy (non-hydrogen) atoms. The van der Waals surface area contributed by atoms with Crippen LogP contribution in [0.2, 0.25) is 0 Å². The summed E-state index contributed by atoms with van der Waals surface area (Å²) in [5.74, 6) is 0. The molecule has 3 nitrogen and oxygen atoms in total. The molecule has 0 fully saturated rings. The van der Waals surface area contributed by atoms with E-state index < -0.39 is 0 Å². The molecular weight excluding hydrogens is 174 g/mol. The van der Waals surface area contributed by atoms with Crippen LogP contribution in [0.3, 0.4) is 0 Å². The topological polar surface area (TPSA) is 50.9 Å². The van der Waals surface area contributed by atoms with Gasteiger partial charge in [-0.05, 0) is 24.1 Å². The fourth-order valence-electron chi connectivity index (χ4n) is 2.08. The maximum absolute atomic E-state index is 5.93. The van der Waals surface area contributed by atoms with Gasteiger partial charge in [-0.2, -0.15) is 0 Å². The van der Waals surface area contributed by atoms with Gasteiger partial charge in [0.05, 0.1) is 11.2 Å². The van der Waals surface area contributed by atoms with Crippen LogP contribution in [0.25, 0.3) is 10.9 Å². The van der Waals surface area contributed by atoms with Crippen LogP contribution >= 0.6 is 0 Å². The fourth-order valence-corrected chi connectivity index (χ4v) is 2.08. The van der Waals surface area contributed by atoms with Crippen LogP contribution in [-0.2, 0) is 6.42 Å². The molecule has 1 aromatic heterocycles. The molecule has 0 aliphatic carbocycles. The Morgan fingerprint density at radius 3 is 3.29 bits per heavy atom. The smallest absolute Gasteiger partial charge is 0.0935 e. The molecule has 0 radical (unpaired) electrons. The highest BCUT2D eigenvalue weighted by Gasteiger charge is 2.15. The molecule has 2 aromatic rings. The number of nitrogens with one attached hydrogen (secondary N) is 1. The normalized spacial score (nSPS) is 14.0. The lowest BCUT2D eigenvalue weighted by atomic mass is 10.0. The van der Waals surface area contributed by atoms with Crippen molar-refractivity contribution in [3.05, 3.63) is 30.0 Å². The predicted octanol–water partition coefficient (Wildman–Crippen LogP) is 1.78. The number of benzene rings is 1. The minimum Gasteiger partial charge on any atom is -0.397 e. The first kappa shape index (κ1) is 7.62. The van der Waals surface area contributed by atoms with E-state index in [4.69, 9.17) is 5.73 Å². The lowest BCUT2D eigenvalue weighted by Crippen LogP contribution is -1.93. The second-order valence-corrected chi connectivity index (χ2v) is 3.57. The zero-order valence-electron chi connectivity index (χ0n) is 7.75. The number of nitrogens with zero attached hydrogens (tertiary/aromatic N) is 1. The van der Waals surface area contributed by atoms with E-state index in [-0.39, 0.29) is 0 Å². The third-order valence-electron chi connectivity index (χ3n) is 2.72. The molecule has 1 aromatic carbocycles. The zero-order valence-corrected chi connectivity index (χ0v) is 7.75. The van der Waals surface area contributed by atoms with Gasteiger partial charge in [0.2, 0.25) is 0 Å². The zero-order chi connectivity index (χ0) is 9.54. The number of hydrogen-bond donors (Lipinski definition) is 2. The van der Waals surface area contributed by atoms with Crippen LogP contribution in [0, 0.1) is 0 Å². The van der Waals surface area contributed by atoms with E-state index in [1.54, 1.807) is 6.20 Å². The maximum atomic E-state index is 5.93. The number of rotatable bonds is 0. The van der Waals surface area contributed by atoms with E-state index in [0.29, 0.717) is 0 Å². The summed E-state index contributed by atoms with van der Waals surface area (Å²) in [6, 6.07) is 6.03. The van der Waals surface area contributed by atoms with Gasteiger partial charge < -0.3 is 11.1 Å². The van der Waals surface area contributed by atoms with Gasteiger partial charge >= 0.3 is 0 Å². The van der Waals surface area contributed by atoms with Crippen molar-refractivity contribution >= 4 is 22.3 Å². The lowest BCUT2D eigenvalue weighted by molar-refractivity contribution is 1.11. The number of pyridine rings is 1. The van der Waals surface area contributed by atoms with E-state index in [1.807, 2.05) is 12.1 Å². The Morgan fingerprint density at radius 2 is 2.36 bits per heavy atom. The Labute approximate surface area is 81.9 Å². The molecule has 0 bridgehead atoms. The summed E-state index contributed by atoms with van der Waals surface area (Å²) in [4.78, 5) is 4.31. The average molecular weight is 185 g/mol. The van der Waals surface area contributed by atoms with Gasteiger partial charge in [0.1, 0.15) is 0 Å². The molecule has 3 rings (SSSR count). The number of fused-ring (bicyclic) bond motifs is 3. The predicted molar refractivity (Wildman–Crippen MR) is 58.3 cm³/mol. The highest BCUT2D eigenvalue weighted by atomic mass is 14.9. The van der Waals surface area contributed by atoms with Gasteiger partial charge in [0.25, 0.3) is 0 Å². The van der Waals surface area contributed by atoms with Gasteiger partial charge in [-0.1, -0.05) is 6.07 Å². The van der Waals surface area contributed by atoms with Crippen LogP contribution in [0.4, 0.5) is 11.4 Å². The van der Waals surface area contributed by atoms with Crippen molar-refractivity contribution in [1.82, 2.24) is 4.98 Å². The van der Waals surface area contributed by atoms with E-state index in [2.05, 4.69) is 16.4 Å². The van der Waals surface area contributed by atoms with E-state index in [1.165, 1.54) is 16.6 Å². The minimum absolute atomic E-state index is 0.758. The second kappa shape index (κ2) is 2.61. The molecule has 0 unspecified atom stereocenters. The van der Waals surface area contributed by atoms with Gasteiger partial charge in [-0.3, -0.25) is 4.98 Å². The molecule has 0 spiro atoms. The van der Waals surface area contributed by atoms with Crippen molar-refractivity contribution < 1.29 is 0 Å². The fraction of sp³-hybridized carbons (Fsp3) is 0.182. The quantitative estimate of drug-likeness (QED) is 0.615. The van der Waals surface area contributed by atoms with Crippen LogP contribution in [0.1, 0.15) is 5.56 Å². The van der Waals surface area contributed by atoms with Crippen molar-refractivity contribution in [2.45, 2.75) is 6.42 Å². The number of aromatic nitrogens is 1. The van der Waals surface area contributed by atoms with Gasteiger partial charge in [0.15, 0.2) is 0 Å². The van der Waals surface area contributed by atoms with Crippen molar-refractivity contribution in [3.63, 3.8) is 0 Å². The Balaban J connectivity index is 2.47. The summed E-state index contributed by atoms with van der Waals surface area (Å²) in [5.41, 5.74) is 10.1. The summed E-state index contributed by atoms with van der Waals surface area (Å²) >= 11 is 0. The van der Waals surface area contributed by atoms with Crippen LogP contribution in [-0.4, -0.2) is 11.5 Å². The third-order valence-corrected chi connectivity index (χ3v) is 2.72. The molecule has 0 atom stereocenters. The molecule has 3 N–H and O–H groups in total. The molecule has 0 amide bonds. The monoisotopic (exact) mass is 185 g/mol. The summed E-state index contributed by atoms with van der Waals surface area (Å²) in [6.07, 6.45) is 2.85. The van der Waals surface area contributed by atoms with E-state index >= 15 is 0 Å². The summed E-state index contributed by atoms with van der Waals surface area (Å²) in [5, 5.41) is 4.51. The van der Waals surface area contributed by atoms with Crippen LogP contribution in [0.15, 0.2) is 24.4 Å². The Kier molecular flexibility index (Phi) is 1.42. The first-order valence-electron chi connectivity index (χ1n) is 4.76. The summed E-state index contributed by atoms with van der Waals surface area (Å²) in [6.45, 7) is 1.00. The van der Waals surface area contributed by atoms with Crippen molar-refractivity contribution in [2.24, 2.45) is 0 Å². The molecule has 70 valence electrons. The number of hydrogen-bond acceptors (Lipinski definition) is 3. The molecule has 3 heteroatoms. The first-order chi connectivity index (χ1) is 6.86. The third kappa shape index (κ3) is 0.894. The SMILES string of the molecule is Nc1cc2c(c3cccnc13)CCN2. The van der Waals surface area contributed by atoms with E-state index in [0.717, 1.165) is 24.2 Å². The van der Waals surface area contributed by atoms with Crippen molar-refractivity contribution in [2.75, 3.05) is 17.6 Å². The van der Waals surface area contributed by atoms with Crippen LogP contribution < -0.4 is 11.1 Å². The number of nitrogens with two attached hydrogens (primary N) is 1. The summed E-state index contributed by atoms with van der Waals surface area (Å²) in [7, 11) is 0. The molecule has 0 saturated carbocycles. The molecule has 0 saturated heterocycles. The lowest BCUT2D eigenvalue weighted by Gasteiger charge is -2.06. The first-order valence-corrected chi connectivity index (χ1v) is 4.76. The van der Waals surface area contributed by atoms with E-state index in [9.17, 15) is 0 Å². The number of nitrogen functional groups attached to an aromatic ring is 1. The molecular formula is C11H11N3. The summed E-state index contributed by atoms with van der Waals surface area (Å²) < 4.78 is 0. The highest BCUT2D eigenvalue weighted by Crippen LogP contribution is 2.33. The highest BCUT2D eigenvalue weighted by molar-refractivity contribution is 5.96. The maximum Gasteiger partial charge on any atom is 0.0935 e. The van der Waals surface area contributed by atoms with Gasteiger partial charge in [0, 0.05) is 23.8 Å². The van der Waals surface area contributed by atoms with Crippen molar-refractivity contribution in [1.29, 1.82) is 0 Å². The minimum atomic E-state index is 0.758. The Hall–Kier alpha value is -1.77. The molecule has 1 aliphatic heterocycles. The molecule has 1 aliphatic rings. The largest absolute Gasteiger partial charge is 0.397 e. The number of anilines is 2. The van der Waals surface area contributed by atoms with Crippen LogP contribution in [0.5, 0.6) is 0 Å². The van der Waals surface area contributed by atoms with Gasteiger partial charge in [-0.25, -0.2) is 0 Å². The second-order valence-electron chi connectivity index (χ2n) is 3.57.